The zero-order chi connectivity index (χ0) is 17.0. The van der Waals surface area contributed by atoms with Gasteiger partial charge in [0.2, 0.25) is 0 Å². The smallest absolute Gasteiger partial charge is 0.270 e. The van der Waals surface area contributed by atoms with E-state index in [9.17, 15) is 14.9 Å². The molecule has 0 spiro atoms. The lowest BCUT2D eigenvalue weighted by atomic mass is 10.2. The number of nitrogens with zero attached hydrogens (tertiary/aromatic N) is 3. The van der Waals surface area contributed by atoms with Gasteiger partial charge in [0.15, 0.2) is 0 Å². The second-order valence-electron chi connectivity index (χ2n) is 5.02. The predicted octanol–water partition coefficient (Wildman–Crippen LogP) is 2.64. The molecule has 23 heavy (non-hydrogen) atoms. The molecule has 0 atom stereocenters. The first kappa shape index (κ1) is 16.7. The van der Waals surface area contributed by atoms with Gasteiger partial charge in [-0.1, -0.05) is 11.6 Å². The van der Waals surface area contributed by atoms with E-state index >= 15 is 0 Å². The summed E-state index contributed by atoms with van der Waals surface area (Å²) < 4.78 is 0. The molecule has 0 saturated carbocycles. The number of nitro groups is 1. The van der Waals surface area contributed by atoms with Gasteiger partial charge in [-0.25, -0.2) is 4.98 Å². The Balaban J connectivity index is 2.08. The maximum Gasteiger partial charge on any atom is 0.270 e. The number of aromatic nitrogens is 1. The molecule has 0 radical (unpaired) electrons. The van der Waals surface area contributed by atoms with E-state index in [1.54, 1.807) is 12.3 Å². The first-order chi connectivity index (χ1) is 10.9. The summed E-state index contributed by atoms with van der Waals surface area (Å²) in [7, 11) is 3.75. The fraction of sp³-hybridized carbons (Fsp3) is 0.200. The van der Waals surface area contributed by atoms with Crippen LogP contribution in [0.25, 0.3) is 0 Å². The summed E-state index contributed by atoms with van der Waals surface area (Å²) >= 11 is 5.93. The second-order valence-corrected chi connectivity index (χ2v) is 5.43. The second kappa shape index (κ2) is 7.06. The Morgan fingerprint density at radius 3 is 2.70 bits per heavy atom. The van der Waals surface area contributed by atoms with Crippen LogP contribution in [0.4, 0.5) is 11.5 Å². The van der Waals surface area contributed by atoms with Gasteiger partial charge in [0.25, 0.3) is 11.6 Å². The largest absolute Gasteiger partial charge is 0.363 e. The van der Waals surface area contributed by atoms with Gasteiger partial charge < -0.3 is 10.2 Å². The number of carbonyl (C=O) groups excluding carboxylic acids is 1. The zero-order valence-corrected chi connectivity index (χ0v) is 13.4. The lowest BCUT2D eigenvalue weighted by Gasteiger charge is -2.12. The van der Waals surface area contributed by atoms with E-state index < -0.39 is 10.8 Å². The third kappa shape index (κ3) is 4.17. The average Bonchev–Trinajstić information content (AvgIpc) is 2.52. The van der Waals surface area contributed by atoms with Crippen molar-refractivity contribution in [3.63, 3.8) is 0 Å². The number of hydrogen-bond donors (Lipinski definition) is 1. The van der Waals surface area contributed by atoms with E-state index in [4.69, 9.17) is 11.6 Å². The molecule has 0 aliphatic carbocycles. The molecule has 0 aliphatic heterocycles. The molecule has 1 aromatic heterocycles. The highest BCUT2D eigenvalue weighted by Crippen LogP contribution is 2.22. The minimum atomic E-state index is -0.562. The van der Waals surface area contributed by atoms with Gasteiger partial charge in [0, 0.05) is 39.0 Å². The Bertz CT molecular complexity index is 749. The van der Waals surface area contributed by atoms with Crippen LogP contribution in [0.2, 0.25) is 5.02 Å². The summed E-state index contributed by atoms with van der Waals surface area (Å²) in [6, 6.07) is 7.40. The van der Waals surface area contributed by atoms with Crippen LogP contribution in [0.3, 0.4) is 0 Å². The number of pyridine rings is 1. The molecule has 1 amide bonds. The molecular weight excluding hydrogens is 320 g/mol. The number of carbonyl (C=O) groups is 1. The van der Waals surface area contributed by atoms with Crippen LogP contribution in [-0.4, -0.2) is 29.9 Å². The third-order valence-electron chi connectivity index (χ3n) is 3.13. The molecule has 1 heterocycles. The Kier molecular flexibility index (Phi) is 5.13. The topological polar surface area (TPSA) is 88.4 Å². The zero-order valence-electron chi connectivity index (χ0n) is 12.6. The Labute approximate surface area is 138 Å². The molecule has 0 fully saturated rings. The number of anilines is 1. The Hall–Kier alpha value is -2.67. The number of rotatable bonds is 5. The molecule has 1 N–H and O–H groups in total. The van der Waals surface area contributed by atoms with E-state index in [1.165, 1.54) is 12.1 Å². The van der Waals surface area contributed by atoms with Gasteiger partial charge in [-0.05, 0) is 23.8 Å². The number of halogens is 1. The van der Waals surface area contributed by atoms with E-state index in [1.807, 2.05) is 25.1 Å². The Morgan fingerprint density at radius 1 is 1.35 bits per heavy atom. The van der Waals surface area contributed by atoms with Crippen molar-refractivity contribution in [2.45, 2.75) is 6.54 Å². The average molecular weight is 335 g/mol. The van der Waals surface area contributed by atoms with Gasteiger partial charge in [-0.15, -0.1) is 0 Å². The van der Waals surface area contributed by atoms with E-state index in [-0.39, 0.29) is 16.3 Å². The normalized spacial score (nSPS) is 10.2. The van der Waals surface area contributed by atoms with Crippen LogP contribution in [0.1, 0.15) is 15.9 Å². The van der Waals surface area contributed by atoms with Crippen molar-refractivity contribution in [1.82, 2.24) is 10.3 Å². The van der Waals surface area contributed by atoms with Crippen molar-refractivity contribution in [2.75, 3.05) is 19.0 Å². The minimum Gasteiger partial charge on any atom is -0.363 e. The summed E-state index contributed by atoms with van der Waals surface area (Å²) in [5.41, 5.74) is 0.922. The van der Waals surface area contributed by atoms with Gasteiger partial charge >= 0.3 is 0 Å². The van der Waals surface area contributed by atoms with Crippen molar-refractivity contribution in [3.05, 3.63) is 62.8 Å². The lowest BCUT2D eigenvalue weighted by Crippen LogP contribution is -2.23. The van der Waals surface area contributed by atoms with E-state index in [0.29, 0.717) is 6.54 Å². The fourth-order valence-corrected chi connectivity index (χ4v) is 2.16. The summed E-state index contributed by atoms with van der Waals surface area (Å²) in [5, 5.41) is 13.4. The maximum atomic E-state index is 12.1. The van der Waals surface area contributed by atoms with Crippen LogP contribution < -0.4 is 10.2 Å². The van der Waals surface area contributed by atoms with Crippen molar-refractivity contribution in [1.29, 1.82) is 0 Å². The van der Waals surface area contributed by atoms with Gasteiger partial charge in [-0.2, -0.15) is 0 Å². The number of amides is 1. The molecule has 0 unspecified atom stereocenters. The minimum absolute atomic E-state index is 0.0420. The van der Waals surface area contributed by atoms with Gasteiger partial charge in [0.1, 0.15) is 5.82 Å². The lowest BCUT2D eigenvalue weighted by molar-refractivity contribution is -0.384. The van der Waals surface area contributed by atoms with E-state index in [2.05, 4.69) is 10.3 Å². The van der Waals surface area contributed by atoms with Crippen LogP contribution in [0.15, 0.2) is 36.5 Å². The fourth-order valence-electron chi connectivity index (χ4n) is 1.89. The number of nitrogens with one attached hydrogen (secondary N) is 1. The van der Waals surface area contributed by atoms with Gasteiger partial charge in [-0.3, -0.25) is 14.9 Å². The van der Waals surface area contributed by atoms with Gasteiger partial charge in [0.05, 0.1) is 15.5 Å². The molecular formula is C15H15ClN4O3. The third-order valence-corrected chi connectivity index (χ3v) is 3.44. The molecule has 0 saturated heterocycles. The summed E-state index contributed by atoms with van der Waals surface area (Å²) in [4.78, 5) is 28.3. The highest BCUT2D eigenvalue weighted by atomic mass is 35.5. The molecule has 2 rings (SSSR count). The first-order valence-electron chi connectivity index (χ1n) is 6.73. The van der Waals surface area contributed by atoms with Crippen LogP contribution in [-0.2, 0) is 6.54 Å². The summed E-state index contributed by atoms with van der Waals surface area (Å²) in [6.07, 6.45) is 1.66. The Morgan fingerprint density at radius 2 is 2.09 bits per heavy atom. The number of hydrogen-bond acceptors (Lipinski definition) is 5. The van der Waals surface area contributed by atoms with Crippen molar-refractivity contribution in [3.8, 4) is 0 Å². The van der Waals surface area contributed by atoms with Crippen LogP contribution in [0, 0.1) is 10.1 Å². The molecule has 2 aromatic rings. The highest BCUT2D eigenvalue weighted by molar-refractivity contribution is 6.34. The quantitative estimate of drug-likeness (QED) is 0.670. The van der Waals surface area contributed by atoms with Crippen LogP contribution >= 0.6 is 11.6 Å². The molecule has 8 heteroatoms. The first-order valence-corrected chi connectivity index (χ1v) is 7.10. The standard InChI is InChI=1S/C15H15ClN4O3/c1-19(2)14-7-10(5-6-17-14)9-18-15(21)12-4-3-11(20(22)23)8-13(12)16/h3-8H,9H2,1-2H3,(H,18,21). The predicted molar refractivity (Wildman–Crippen MR) is 87.8 cm³/mol. The van der Waals surface area contributed by atoms with Crippen molar-refractivity contribution >= 4 is 29.0 Å². The number of nitro benzene ring substituents is 1. The maximum absolute atomic E-state index is 12.1. The molecule has 0 aliphatic rings. The summed E-state index contributed by atoms with van der Waals surface area (Å²) in [5.74, 6) is 0.387. The SMILES string of the molecule is CN(C)c1cc(CNC(=O)c2ccc([N+](=O)[O-])cc2Cl)ccn1. The number of benzene rings is 1. The molecule has 7 nitrogen and oxygen atoms in total. The highest BCUT2D eigenvalue weighted by Gasteiger charge is 2.14. The molecule has 0 bridgehead atoms. The number of non-ortho nitro benzene ring substituents is 1. The van der Waals surface area contributed by atoms with E-state index in [0.717, 1.165) is 17.4 Å². The molecule has 1 aromatic carbocycles. The van der Waals surface area contributed by atoms with Crippen molar-refractivity contribution in [2.24, 2.45) is 0 Å². The van der Waals surface area contributed by atoms with Crippen molar-refractivity contribution < 1.29 is 9.72 Å². The van der Waals surface area contributed by atoms with Crippen LogP contribution in [0.5, 0.6) is 0 Å². The molecule has 120 valence electrons. The monoisotopic (exact) mass is 334 g/mol. The summed E-state index contributed by atoms with van der Waals surface area (Å²) in [6.45, 7) is 0.301.